The van der Waals surface area contributed by atoms with Crippen LogP contribution in [0.5, 0.6) is 0 Å². The summed E-state index contributed by atoms with van der Waals surface area (Å²) in [6.45, 7) is 1.21. The Balaban J connectivity index is 1.94. The van der Waals surface area contributed by atoms with E-state index < -0.39 is 0 Å². The van der Waals surface area contributed by atoms with E-state index in [-0.39, 0.29) is 0 Å². The van der Waals surface area contributed by atoms with E-state index in [1.807, 2.05) is 6.20 Å². The number of likely N-dealkylation sites (tertiary alicyclic amines) is 1. The molecule has 3 nitrogen and oxygen atoms in total. The molecule has 4 heteroatoms. The second-order valence-corrected chi connectivity index (χ2v) is 5.63. The van der Waals surface area contributed by atoms with Crippen molar-refractivity contribution in [2.75, 3.05) is 13.6 Å². The fraction of sp³-hybridized carbons (Fsp3) is 0.667. The van der Waals surface area contributed by atoms with Crippen molar-refractivity contribution in [1.82, 2.24) is 9.88 Å². The minimum Gasteiger partial charge on any atom is -0.303 e. The number of piperidine rings is 1. The van der Waals surface area contributed by atoms with Gasteiger partial charge in [-0.2, -0.15) is 0 Å². The normalized spacial score (nSPS) is 22.2. The number of carbonyl (C=O) groups excluding carboxylic acids is 1. The van der Waals surface area contributed by atoms with Gasteiger partial charge in [-0.15, -0.1) is 11.3 Å². The van der Waals surface area contributed by atoms with Gasteiger partial charge in [-0.1, -0.05) is 6.42 Å². The summed E-state index contributed by atoms with van der Waals surface area (Å²) in [4.78, 5) is 18.3. The van der Waals surface area contributed by atoms with Crippen LogP contribution in [0.1, 0.15) is 29.1 Å². The lowest BCUT2D eigenvalue weighted by atomic mass is 10.0. The van der Waals surface area contributed by atoms with Crippen molar-refractivity contribution in [3.05, 3.63) is 16.1 Å². The van der Waals surface area contributed by atoms with Gasteiger partial charge in [0.15, 0.2) is 0 Å². The Labute approximate surface area is 100 Å². The Hall–Kier alpha value is -0.740. The zero-order valence-corrected chi connectivity index (χ0v) is 10.5. The predicted octanol–water partition coefficient (Wildman–Crippen LogP) is 1.91. The van der Waals surface area contributed by atoms with Crippen molar-refractivity contribution >= 4 is 17.6 Å². The zero-order chi connectivity index (χ0) is 11.4. The molecule has 0 radical (unpaired) electrons. The Morgan fingerprint density at radius 2 is 2.50 bits per heavy atom. The van der Waals surface area contributed by atoms with Crippen molar-refractivity contribution in [3.63, 3.8) is 0 Å². The largest absolute Gasteiger partial charge is 0.303 e. The quantitative estimate of drug-likeness (QED) is 0.751. The summed E-state index contributed by atoms with van der Waals surface area (Å²) in [6, 6.07) is 0.643. The average Bonchev–Trinajstić information content (AvgIpc) is 2.70. The lowest BCUT2D eigenvalue weighted by Gasteiger charge is -2.31. The van der Waals surface area contributed by atoms with E-state index in [0.717, 1.165) is 17.6 Å². The lowest BCUT2D eigenvalue weighted by molar-refractivity contribution is -0.107. The van der Waals surface area contributed by atoms with Gasteiger partial charge in [0.05, 0.1) is 5.01 Å². The monoisotopic (exact) mass is 238 g/mol. The predicted molar refractivity (Wildman–Crippen MR) is 65.9 cm³/mol. The van der Waals surface area contributed by atoms with Crippen molar-refractivity contribution in [3.8, 4) is 0 Å². The van der Waals surface area contributed by atoms with E-state index in [1.54, 1.807) is 11.3 Å². The van der Waals surface area contributed by atoms with Crippen LogP contribution in [0.3, 0.4) is 0 Å². The van der Waals surface area contributed by atoms with Crippen LogP contribution in [-0.4, -0.2) is 35.8 Å². The molecule has 0 aliphatic carbocycles. The maximum atomic E-state index is 10.4. The smallest absolute Gasteiger partial charge is 0.125 e. The van der Waals surface area contributed by atoms with E-state index in [9.17, 15) is 4.79 Å². The number of aldehydes is 1. The van der Waals surface area contributed by atoms with Crippen LogP contribution in [0.4, 0.5) is 0 Å². The van der Waals surface area contributed by atoms with Crippen LogP contribution < -0.4 is 0 Å². The molecule has 16 heavy (non-hydrogen) atoms. The molecule has 0 saturated carbocycles. The summed E-state index contributed by atoms with van der Waals surface area (Å²) >= 11 is 1.68. The first-order valence-corrected chi connectivity index (χ1v) is 6.68. The molecule has 88 valence electrons. The summed E-state index contributed by atoms with van der Waals surface area (Å²) < 4.78 is 0. The molecule has 0 amide bonds. The van der Waals surface area contributed by atoms with Gasteiger partial charge in [-0.3, -0.25) is 0 Å². The second-order valence-electron chi connectivity index (χ2n) is 4.43. The number of carbonyl (C=O) groups is 1. The molecule has 1 fully saturated rings. The van der Waals surface area contributed by atoms with Crippen LogP contribution in [0, 0.1) is 0 Å². The molecule has 1 aliphatic rings. The Bertz CT molecular complexity index is 351. The Morgan fingerprint density at radius 1 is 1.62 bits per heavy atom. The standard InChI is InChI=1S/C12H18N2OS/c1-14-6-3-2-4-10(14)8-12-13-9-11(16-12)5-7-15/h7,9-10H,2-6,8H2,1H3. The molecule has 1 aliphatic heterocycles. The third-order valence-corrected chi connectivity index (χ3v) is 4.26. The summed E-state index contributed by atoms with van der Waals surface area (Å²) in [5.74, 6) is 0. The molecule has 0 N–H and O–H groups in total. The number of rotatable bonds is 4. The maximum Gasteiger partial charge on any atom is 0.125 e. The fourth-order valence-electron chi connectivity index (χ4n) is 2.22. The van der Waals surface area contributed by atoms with Gasteiger partial charge in [0.2, 0.25) is 0 Å². The van der Waals surface area contributed by atoms with E-state index in [4.69, 9.17) is 0 Å². The van der Waals surface area contributed by atoms with Gasteiger partial charge < -0.3 is 9.69 Å². The first kappa shape index (κ1) is 11.7. The minimum absolute atomic E-state index is 0.512. The number of hydrogen-bond acceptors (Lipinski definition) is 4. The summed E-state index contributed by atoms with van der Waals surface area (Å²) in [6.07, 6.45) is 8.28. The summed E-state index contributed by atoms with van der Waals surface area (Å²) in [5, 5.41) is 1.18. The third kappa shape index (κ3) is 2.89. The highest BCUT2D eigenvalue weighted by molar-refractivity contribution is 7.11. The zero-order valence-electron chi connectivity index (χ0n) is 9.69. The summed E-state index contributed by atoms with van der Waals surface area (Å²) in [5.41, 5.74) is 0. The minimum atomic E-state index is 0.512. The van der Waals surface area contributed by atoms with Gasteiger partial charge >= 0.3 is 0 Å². The maximum absolute atomic E-state index is 10.4. The first-order chi connectivity index (χ1) is 7.79. The molecule has 0 bridgehead atoms. The van der Waals surface area contributed by atoms with Gasteiger partial charge in [-0.05, 0) is 26.4 Å². The molecular weight excluding hydrogens is 220 g/mol. The van der Waals surface area contributed by atoms with Crippen LogP contribution in [0.2, 0.25) is 0 Å². The van der Waals surface area contributed by atoms with Crippen LogP contribution >= 0.6 is 11.3 Å². The molecule has 1 aromatic heterocycles. The van der Waals surface area contributed by atoms with Crippen molar-refractivity contribution in [1.29, 1.82) is 0 Å². The topological polar surface area (TPSA) is 33.2 Å². The molecule has 1 atom stereocenters. The molecule has 1 unspecified atom stereocenters. The van der Waals surface area contributed by atoms with E-state index >= 15 is 0 Å². The number of likely N-dealkylation sites (N-methyl/N-ethyl adjacent to an activating group) is 1. The molecule has 2 rings (SSSR count). The highest BCUT2D eigenvalue weighted by atomic mass is 32.1. The molecular formula is C12H18N2OS. The van der Waals surface area contributed by atoms with E-state index in [1.165, 1.54) is 30.8 Å². The molecule has 0 aromatic carbocycles. The molecule has 0 spiro atoms. The number of thiazole rings is 1. The van der Waals surface area contributed by atoms with Crippen molar-refractivity contribution in [2.24, 2.45) is 0 Å². The van der Waals surface area contributed by atoms with Gasteiger partial charge in [0.1, 0.15) is 6.29 Å². The van der Waals surface area contributed by atoms with Crippen molar-refractivity contribution in [2.45, 2.75) is 38.1 Å². The van der Waals surface area contributed by atoms with Gasteiger partial charge in [0, 0.05) is 30.0 Å². The van der Waals surface area contributed by atoms with Crippen molar-refractivity contribution < 1.29 is 4.79 Å². The van der Waals surface area contributed by atoms with Crippen LogP contribution in [0.15, 0.2) is 6.20 Å². The van der Waals surface area contributed by atoms with Crippen LogP contribution in [-0.2, 0) is 17.6 Å². The highest BCUT2D eigenvalue weighted by Gasteiger charge is 2.20. The number of hydrogen-bond donors (Lipinski definition) is 0. The third-order valence-electron chi connectivity index (χ3n) is 3.22. The van der Waals surface area contributed by atoms with Gasteiger partial charge in [-0.25, -0.2) is 4.98 Å². The van der Waals surface area contributed by atoms with E-state index in [0.29, 0.717) is 12.5 Å². The SMILES string of the molecule is CN1CCCCC1Cc1ncc(CC=O)s1. The van der Waals surface area contributed by atoms with Gasteiger partial charge in [0.25, 0.3) is 0 Å². The molecule has 2 heterocycles. The Morgan fingerprint density at radius 3 is 3.25 bits per heavy atom. The molecule has 1 aromatic rings. The number of nitrogens with zero attached hydrogens (tertiary/aromatic N) is 2. The highest BCUT2D eigenvalue weighted by Crippen LogP contribution is 2.21. The second kappa shape index (κ2) is 5.55. The lowest BCUT2D eigenvalue weighted by Crippen LogP contribution is -2.37. The molecule has 1 saturated heterocycles. The first-order valence-electron chi connectivity index (χ1n) is 5.87. The fourth-order valence-corrected chi connectivity index (χ4v) is 3.16. The summed E-state index contributed by atoms with van der Waals surface area (Å²) in [7, 11) is 2.20. The number of aromatic nitrogens is 1. The van der Waals surface area contributed by atoms with E-state index in [2.05, 4.69) is 16.9 Å². The average molecular weight is 238 g/mol. The van der Waals surface area contributed by atoms with Crippen LogP contribution in [0.25, 0.3) is 0 Å². The Kier molecular flexibility index (Phi) is 4.07.